The molecule has 0 saturated carbocycles. The van der Waals surface area contributed by atoms with Gasteiger partial charge < -0.3 is 15.6 Å². The van der Waals surface area contributed by atoms with E-state index >= 15 is 0 Å². The molecule has 0 radical (unpaired) electrons. The van der Waals surface area contributed by atoms with Gasteiger partial charge in [-0.3, -0.25) is 0 Å². The summed E-state index contributed by atoms with van der Waals surface area (Å²) in [5, 5.41) is 8.92. The number of benzene rings is 2. The van der Waals surface area contributed by atoms with Crippen LogP contribution in [0.4, 0.5) is 0 Å². The van der Waals surface area contributed by atoms with Crippen LogP contribution in [-0.2, 0) is 6.42 Å². The van der Waals surface area contributed by atoms with Gasteiger partial charge in [0.15, 0.2) is 0 Å². The molecule has 0 heterocycles. The number of nitrogens with two attached hydrogens (primary N) is 1. The van der Waals surface area contributed by atoms with Crippen molar-refractivity contribution in [3.05, 3.63) is 65.7 Å². The number of aliphatic hydroxyl groups is 1. The maximum absolute atomic E-state index is 8.92. The van der Waals surface area contributed by atoms with E-state index < -0.39 is 0 Å². The molecule has 20 heavy (non-hydrogen) atoms. The average Bonchev–Trinajstić information content (AvgIpc) is 2.49. The van der Waals surface area contributed by atoms with Crippen LogP contribution in [0, 0.1) is 0 Å². The molecule has 0 aliphatic heterocycles. The van der Waals surface area contributed by atoms with E-state index in [9.17, 15) is 0 Å². The lowest BCUT2D eigenvalue weighted by molar-refractivity contribution is 0.276. The van der Waals surface area contributed by atoms with E-state index in [1.54, 1.807) is 0 Å². The van der Waals surface area contributed by atoms with Gasteiger partial charge in [0.1, 0.15) is 5.75 Å². The lowest BCUT2D eigenvalue weighted by Crippen LogP contribution is -2.12. The zero-order valence-corrected chi connectivity index (χ0v) is 11.5. The van der Waals surface area contributed by atoms with E-state index in [0.717, 1.165) is 17.7 Å². The maximum atomic E-state index is 8.92. The van der Waals surface area contributed by atoms with Crippen LogP contribution in [0.1, 0.15) is 23.6 Å². The molecule has 3 N–H and O–H groups in total. The molecule has 1 unspecified atom stereocenters. The highest BCUT2D eigenvalue weighted by atomic mass is 16.5. The summed E-state index contributed by atoms with van der Waals surface area (Å²) in [6.07, 6.45) is 1.45. The van der Waals surface area contributed by atoms with E-state index in [4.69, 9.17) is 15.6 Å². The second-order valence-corrected chi connectivity index (χ2v) is 4.78. The largest absolute Gasteiger partial charge is 0.493 e. The van der Waals surface area contributed by atoms with E-state index in [-0.39, 0.29) is 12.6 Å². The first-order valence-corrected chi connectivity index (χ1v) is 6.92. The van der Waals surface area contributed by atoms with Crippen molar-refractivity contribution >= 4 is 0 Å². The molecule has 3 heteroatoms. The molecule has 0 aromatic heterocycles. The van der Waals surface area contributed by atoms with Crippen molar-refractivity contribution < 1.29 is 9.84 Å². The minimum atomic E-state index is -0.141. The van der Waals surface area contributed by atoms with Crippen molar-refractivity contribution in [1.29, 1.82) is 0 Å². The molecule has 0 spiro atoms. The third-order valence-electron chi connectivity index (χ3n) is 3.23. The Morgan fingerprint density at radius 3 is 2.60 bits per heavy atom. The van der Waals surface area contributed by atoms with Crippen LogP contribution in [-0.4, -0.2) is 18.3 Å². The number of hydrogen-bond acceptors (Lipinski definition) is 3. The molecule has 0 bridgehead atoms. The van der Waals surface area contributed by atoms with Gasteiger partial charge in [-0.25, -0.2) is 0 Å². The molecule has 1 atom stereocenters. The van der Waals surface area contributed by atoms with E-state index in [1.807, 2.05) is 42.5 Å². The van der Waals surface area contributed by atoms with Gasteiger partial charge in [0, 0.05) is 19.1 Å². The van der Waals surface area contributed by atoms with E-state index in [2.05, 4.69) is 12.1 Å². The minimum Gasteiger partial charge on any atom is -0.493 e. The fourth-order valence-electron chi connectivity index (χ4n) is 2.07. The predicted molar refractivity (Wildman–Crippen MR) is 80.7 cm³/mol. The Balaban J connectivity index is 1.88. The first-order chi connectivity index (χ1) is 9.79. The van der Waals surface area contributed by atoms with E-state index in [0.29, 0.717) is 13.0 Å². The second-order valence-electron chi connectivity index (χ2n) is 4.78. The van der Waals surface area contributed by atoms with Crippen LogP contribution in [0.2, 0.25) is 0 Å². The van der Waals surface area contributed by atoms with Gasteiger partial charge in [0.05, 0.1) is 6.61 Å². The van der Waals surface area contributed by atoms with E-state index in [1.165, 1.54) is 5.56 Å². The van der Waals surface area contributed by atoms with Crippen molar-refractivity contribution in [1.82, 2.24) is 0 Å². The van der Waals surface area contributed by atoms with Gasteiger partial charge in [0.2, 0.25) is 0 Å². The highest BCUT2D eigenvalue weighted by Gasteiger charge is 2.06. The summed E-state index contributed by atoms with van der Waals surface area (Å²) in [5.74, 6) is 0.826. The SMILES string of the molecule is NC(CCO)c1cccc(OCCc2ccccc2)c1. The summed E-state index contributed by atoms with van der Waals surface area (Å²) >= 11 is 0. The number of aliphatic hydroxyl groups excluding tert-OH is 1. The van der Waals surface area contributed by atoms with Crippen LogP contribution < -0.4 is 10.5 Å². The summed E-state index contributed by atoms with van der Waals surface area (Å²) in [4.78, 5) is 0. The molecule has 0 saturated heterocycles. The highest BCUT2D eigenvalue weighted by molar-refractivity contribution is 5.30. The van der Waals surface area contributed by atoms with Gasteiger partial charge in [-0.2, -0.15) is 0 Å². The quantitative estimate of drug-likeness (QED) is 0.814. The summed E-state index contributed by atoms with van der Waals surface area (Å²) < 4.78 is 5.76. The number of rotatable bonds is 7. The molecule has 2 aromatic rings. The zero-order valence-electron chi connectivity index (χ0n) is 11.5. The van der Waals surface area contributed by atoms with Gasteiger partial charge >= 0.3 is 0 Å². The summed E-state index contributed by atoms with van der Waals surface area (Å²) in [5.41, 5.74) is 8.24. The molecule has 0 aliphatic rings. The normalized spacial score (nSPS) is 12.1. The molecule has 2 aromatic carbocycles. The maximum Gasteiger partial charge on any atom is 0.119 e. The Bertz CT molecular complexity index is 513. The van der Waals surface area contributed by atoms with Gasteiger partial charge in [0.25, 0.3) is 0 Å². The van der Waals surface area contributed by atoms with Crippen LogP contribution in [0.5, 0.6) is 5.75 Å². The standard InChI is InChI=1S/C17H21NO2/c18-17(9-11-19)15-7-4-8-16(13-15)20-12-10-14-5-2-1-3-6-14/h1-8,13,17,19H,9-12,18H2. The minimum absolute atomic E-state index is 0.0975. The topological polar surface area (TPSA) is 55.5 Å². The Morgan fingerprint density at radius 1 is 1.05 bits per heavy atom. The van der Waals surface area contributed by atoms with Gasteiger partial charge in [-0.15, -0.1) is 0 Å². The van der Waals surface area contributed by atoms with Gasteiger partial charge in [-0.1, -0.05) is 42.5 Å². The second kappa shape index (κ2) is 7.68. The Labute approximate surface area is 120 Å². The molecule has 0 fully saturated rings. The van der Waals surface area contributed by atoms with Crippen molar-refractivity contribution in [2.24, 2.45) is 5.73 Å². The Hall–Kier alpha value is -1.84. The fourth-order valence-corrected chi connectivity index (χ4v) is 2.07. The highest BCUT2D eigenvalue weighted by Crippen LogP contribution is 2.20. The Morgan fingerprint density at radius 2 is 1.85 bits per heavy atom. The van der Waals surface area contributed by atoms with Crippen LogP contribution in [0.3, 0.4) is 0 Å². The fraction of sp³-hybridized carbons (Fsp3) is 0.294. The monoisotopic (exact) mass is 271 g/mol. The molecular weight excluding hydrogens is 250 g/mol. The van der Waals surface area contributed by atoms with Crippen molar-refractivity contribution in [3.8, 4) is 5.75 Å². The Kier molecular flexibility index (Phi) is 5.59. The van der Waals surface area contributed by atoms with Crippen molar-refractivity contribution in [3.63, 3.8) is 0 Å². The summed E-state index contributed by atoms with van der Waals surface area (Å²) in [6.45, 7) is 0.739. The number of ether oxygens (including phenoxy) is 1. The predicted octanol–water partition coefficient (Wildman–Crippen LogP) is 2.69. The summed E-state index contributed by atoms with van der Waals surface area (Å²) in [6, 6.07) is 17.9. The molecule has 3 nitrogen and oxygen atoms in total. The molecule has 2 rings (SSSR count). The lowest BCUT2D eigenvalue weighted by Gasteiger charge is -2.12. The molecule has 106 valence electrons. The van der Waals surface area contributed by atoms with Crippen LogP contribution in [0.25, 0.3) is 0 Å². The lowest BCUT2D eigenvalue weighted by atomic mass is 10.1. The van der Waals surface area contributed by atoms with Crippen molar-refractivity contribution in [2.75, 3.05) is 13.2 Å². The van der Waals surface area contributed by atoms with Crippen LogP contribution >= 0.6 is 0 Å². The van der Waals surface area contributed by atoms with Crippen LogP contribution in [0.15, 0.2) is 54.6 Å². The molecular formula is C17H21NO2. The first kappa shape index (κ1) is 14.6. The third kappa shape index (κ3) is 4.37. The molecule has 0 aliphatic carbocycles. The third-order valence-corrected chi connectivity index (χ3v) is 3.23. The smallest absolute Gasteiger partial charge is 0.119 e. The summed E-state index contributed by atoms with van der Waals surface area (Å²) in [7, 11) is 0. The van der Waals surface area contributed by atoms with Crippen molar-refractivity contribution in [2.45, 2.75) is 18.9 Å². The first-order valence-electron chi connectivity index (χ1n) is 6.92. The average molecular weight is 271 g/mol. The molecule has 0 amide bonds. The van der Waals surface area contributed by atoms with Gasteiger partial charge in [-0.05, 0) is 29.7 Å². The zero-order chi connectivity index (χ0) is 14.2. The number of hydrogen-bond donors (Lipinski definition) is 2.